The Hall–Kier alpha value is -1.27. The normalized spacial score (nSPS) is 10.7. The van der Waals surface area contributed by atoms with Gasteiger partial charge in [0.2, 0.25) is 5.91 Å². The molecule has 102 valence electrons. The molecule has 2 aromatic heterocycles. The summed E-state index contributed by atoms with van der Waals surface area (Å²) in [5, 5.41) is 1.99. The summed E-state index contributed by atoms with van der Waals surface area (Å²) >= 11 is 3.05. The van der Waals surface area contributed by atoms with E-state index in [0.717, 1.165) is 21.6 Å². The topological polar surface area (TPSA) is 46.3 Å². The van der Waals surface area contributed by atoms with Crippen LogP contribution in [0.4, 0.5) is 0 Å². The Morgan fingerprint density at radius 2 is 2.26 bits per heavy atom. The van der Waals surface area contributed by atoms with Crippen LogP contribution in [-0.2, 0) is 11.3 Å². The van der Waals surface area contributed by atoms with E-state index in [1.165, 1.54) is 11.8 Å². The highest BCUT2D eigenvalue weighted by atomic mass is 32.2. The highest BCUT2D eigenvalue weighted by Gasteiger charge is 2.12. The second kappa shape index (κ2) is 6.25. The number of nitrogens with zero attached hydrogens (tertiary/aromatic N) is 2. The number of carbonyl (C=O) groups is 1. The third-order valence-corrected chi connectivity index (χ3v) is 4.66. The van der Waals surface area contributed by atoms with E-state index in [0.29, 0.717) is 12.3 Å². The molecule has 0 bridgehead atoms. The molecule has 0 N–H and O–H groups in total. The molecule has 2 heterocycles. The van der Waals surface area contributed by atoms with E-state index >= 15 is 0 Å². The average molecular weight is 296 g/mol. The Bertz CT molecular complexity index is 562. The number of aromatic nitrogens is 1. The summed E-state index contributed by atoms with van der Waals surface area (Å²) in [5.41, 5.74) is 0.999. The Balaban J connectivity index is 1.82. The van der Waals surface area contributed by atoms with Gasteiger partial charge in [-0.15, -0.1) is 11.3 Å². The van der Waals surface area contributed by atoms with Gasteiger partial charge in [0.25, 0.3) is 0 Å². The van der Waals surface area contributed by atoms with Gasteiger partial charge in [0.1, 0.15) is 11.5 Å². The lowest BCUT2D eigenvalue weighted by Gasteiger charge is -2.14. The predicted molar refractivity (Wildman–Crippen MR) is 77.5 cm³/mol. The summed E-state index contributed by atoms with van der Waals surface area (Å²) in [6.45, 7) is 4.35. The molecular weight excluding hydrogens is 280 g/mol. The van der Waals surface area contributed by atoms with E-state index in [-0.39, 0.29) is 5.91 Å². The monoisotopic (exact) mass is 296 g/mol. The van der Waals surface area contributed by atoms with Crippen LogP contribution < -0.4 is 0 Å². The molecule has 0 fully saturated rings. The SMILES string of the molecule is Cc1csc(SCC(=O)N(C)Cc2ccc(C)o2)n1. The lowest BCUT2D eigenvalue weighted by molar-refractivity contribution is -0.127. The number of carbonyl (C=O) groups excluding carboxylic acids is 1. The lowest BCUT2D eigenvalue weighted by atomic mass is 10.4. The zero-order valence-corrected chi connectivity index (χ0v) is 12.8. The van der Waals surface area contributed by atoms with Crippen LogP contribution in [0.2, 0.25) is 0 Å². The van der Waals surface area contributed by atoms with Crippen LogP contribution in [-0.4, -0.2) is 28.6 Å². The molecule has 2 rings (SSSR count). The lowest BCUT2D eigenvalue weighted by Crippen LogP contribution is -2.27. The average Bonchev–Trinajstić information content (AvgIpc) is 2.95. The molecule has 4 nitrogen and oxygen atoms in total. The number of hydrogen-bond donors (Lipinski definition) is 0. The fraction of sp³-hybridized carbons (Fsp3) is 0.385. The van der Waals surface area contributed by atoms with Crippen molar-refractivity contribution in [2.24, 2.45) is 0 Å². The molecule has 0 aliphatic rings. The molecular formula is C13H16N2O2S2. The van der Waals surface area contributed by atoms with Gasteiger partial charge in [-0.05, 0) is 26.0 Å². The van der Waals surface area contributed by atoms with E-state index in [1.54, 1.807) is 23.3 Å². The predicted octanol–water partition coefficient (Wildman–Crippen LogP) is 3.10. The Labute approximate surface area is 120 Å². The number of amides is 1. The van der Waals surface area contributed by atoms with Crippen LogP contribution in [0.15, 0.2) is 26.3 Å². The summed E-state index contributed by atoms with van der Waals surface area (Å²) in [6.07, 6.45) is 0. The third kappa shape index (κ3) is 4.11. The minimum Gasteiger partial charge on any atom is -0.464 e. The molecule has 0 unspecified atom stereocenters. The van der Waals surface area contributed by atoms with Crippen molar-refractivity contribution in [2.45, 2.75) is 24.7 Å². The van der Waals surface area contributed by atoms with Gasteiger partial charge < -0.3 is 9.32 Å². The van der Waals surface area contributed by atoms with Gasteiger partial charge >= 0.3 is 0 Å². The molecule has 0 aliphatic carbocycles. The second-order valence-corrected chi connectivity index (χ2v) is 6.39. The molecule has 2 aromatic rings. The van der Waals surface area contributed by atoms with E-state index in [4.69, 9.17) is 4.42 Å². The van der Waals surface area contributed by atoms with Crippen molar-refractivity contribution < 1.29 is 9.21 Å². The largest absolute Gasteiger partial charge is 0.464 e. The van der Waals surface area contributed by atoms with Gasteiger partial charge in [0, 0.05) is 18.1 Å². The number of aryl methyl sites for hydroxylation is 2. The first-order chi connectivity index (χ1) is 9.04. The molecule has 0 saturated heterocycles. The molecule has 19 heavy (non-hydrogen) atoms. The molecule has 0 aromatic carbocycles. The smallest absolute Gasteiger partial charge is 0.233 e. The molecule has 0 aliphatic heterocycles. The van der Waals surface area contributed by atoms with Crippen molar-refractivity contribution in [2.75, 3.05) is 12.8 Å². The number of hydrogen-bond acceptors (Lipinski definition) is 5. The second-order valence-electron chi connectivity index (χ2n) is 4.31. The Morgan fingerprint density at radius 3 is 2.84 bits per heavy atom. The maximum Gasteiger partial charge on any atom is 0.233 e. The number of thioether (sulfide) groups is 1. The molecule has 0 saturated carbocycles. The van der Waals surface area contributed by atoms with Crippen molar-refractivity contribution in [3.63, 3.8) is 0 Å². The third-order valence-electron chi connectivity index (χ3n) is 2.53. The van der Waals surface area contributed by atoms with Crippen molar-refractivity contribution in [3.05, 3.63) is 34.7 Å². The summed E-state index contributed by atoms with van der Waals surface area (Å²) in [6, 6.07) is 3.80. The Kier molecular flexibility index (Phi) is 4.66. The van der Waals surface area contributed by atoms with Gasteiger partial charge in [-0.25, -0.2) is 4.98 Å². The maximum atomic E-state index is 12.0. The molecule has 6 heteroatoms. The van der Waals surface area contributed by atoms with Crippen LogP contribution in [0, 0.1) is 13.8 Å². The van der Waals surface area contributed by atoms with Gasteiger partial charge in [-0.2, -0.15) is 0 Å². The van der Waals surface area contributed by atoms with Gasteiger partial charge in [-0.1, -0.05) is 11.8 Å². The first kappa shape index (κ1) is 14.1. The fourth-order valence-corrected chi connectivity index (χ4v) is 3.31. The quantitative estimate of drug-likeness (QED) is 0.795. The molecule has 0 spiro atoms. The zero-order valence-electron chi connectivity index (χ0n) is 11.2. The summed E-state index contributed by atoms with van der Waals surface area (Å²) in [4.78, 5) is 18.0. The number of thiazole rings is 1. The van der Waals surface area contributed by atoms with Gasteiger partial charge in [0.15, 0.2) is 4.34 Å². The van der Waals surface area contributed by atoms with Crippen molar-refractivity contribution >= 4 is 29.0 Å². The number of rotatable bonds is 5. The molecule has 0 radical (unpaired) electrons. The van der Waals surface area contributed by atoms with Crippen LogP contribution in [0.25, 0.3) is 0 Å². The molecule has 1 amide bonds. The maximum absolute atomic E-state index is 12.0. The van der Waals surface area contributed by atoms with Crippen molar-refractivity contribution in [1.29, 1.82) is 0 Å². The fourth-order valence-electron chi connectivity index (χ4n) is 1.52. The Morgan fingerprint density at radius 1 is 1.47 bits per heavy atom. The first-order valence-electron chi connectivity index (χ1n) is 5.89. The standard InChI is InChI=1S/C13H16N2O2S2/c1-9-7-18-13(14-9)19-8-12(16)15(3)6-11-5-4-10(2)17-11/h4-5,7H,6,8H2,1-3H3. The van der Waals surface area contributed by atoms with Crippen LogP contribution in [0.3, 0.4) is 0 Å². The first-order valence-corrected chi connectivity index (χ1v) is 7.75. The van der Waals surface area contributed by atoms with Gasteiger partial charge in [-0.3, -0.25) is 4.79 Å². The van der Waals surface area contributed by atoms with E-state index in [9.17, 15) is 4.79 Å². The summed E-state index contributed by atoms with van der Waals surface area (Å²) in [5.74, 6) is 2.15. The zero-order chi connectivity index (χ0) is 13.8. The van der Waals surface area contributed by atoms with E-state index < -0.39 is 0 Å². The highest BCUT2D eigenvalue weighted by molar-refractivity contribution is 8.01. The summed E-state index contributed by atoms with van der Waals surface area (Å²) < 4.78 is 6.40. The minimum atomic E-state index is 0.0758. The molecule has 0 atom stereocenters. The minimum absolute atomic E-state index is 0.0758. The van der Waals surface area contributed by atoms with Crippen molar-refractivity contribution in [3.8, 4) is 0 Å². The van der Waals surface area contributed by atoms with Crippen molar-refractivity contribution in [1.82, 2.24) is 9.88 Å². The highest BCUT2D eigenvalue weighted by Crippen LogP contribution is 2.22. The van der Waals surface area contributed by atoms with Crippen LogP contribution >= 0.6 is 23.1 Å². The number of furan rings is 1. The summed E-state index contributed by atoms with van der Waals surface area (Å²) in [7, 11) is 1.79. The van der Waals surface area contributed by atoms with Crippen LogP contribution in [0.1, 0.15) is 17.2 Å². The van der Waals surface area contributed by atoms with Gasteiger partial charge in [0.05, 0.1) is 12.3 Å². The van der Waals surface area contributed by atoms with E-state index in [1.807, 2.05) is 31.4 Å². The van der Waals surface area contributed by atoms with E-state index in [2.05, 4.69) is 4.98 Å². The van der Waals surface area contributed by atoms with Crippen LogP contribution in [0.5, 0.6) is 0 Å².